The van der Waals surface area contributed by atoms with E-state index in [0.717, 1.165) is 0 Å². The van der Waals surface area contributed by atoms with E-state index in [4.69, 9.17) is 13.9 Å². The van der Waals surface area contributed by atoms with Crippen LogP contribution in [0.2, 0.25) is 18.1 Å². The lowest BCUT2D eigenvalue weighted by Crippen LogP contribution is -2.49. The summed E-state index contributed by atoms with van der Waals surface area (Å²) in [5.74, 6) is -0.491. The molecule has 1 aliphatic heterocycles. The second-order valence-electron chi connectivity index (χ2n) is 10.8. The summed E-state index contributed by atoms with van der Waals surface area (Å²) in [7, 11) is -3.13. The lowest BCUT2D eigenvalue weighted by atomic mass is 10.0. The van der Waals surface area contributed by atoms with Crippen molar-refractivity contribution in [1.29, 1.82) is 0 Å². The molecule has 2 rings (SSSR count). The van der Waals surface area contributed by atoms with Gasteiger partial charge >= 0.3 is 0 Å². The van der Waals surface area contributed by atoms with Crippen molar-refractivity contribution in [2.24, 2.45) is 5.92 Å². The van der Waals surface area contributed by atoms with Crippen molar-refractivity contribution in [1.82, 2.24) is 4.72 Å². The molecular weight excluding hydrogens is 366 g/mol. The molecule has 1 aliphatic carbocycles. The second-order valence-corrected chi connectivity index (χ2v) is 17.5. The first-order valence-corrected chi connectivity index (χ1v) is 13.7. The average molecular weight is 406 g/mol. The van der Waals surface area contributed by atoms with Crippen molar-refractivity contribution in [2.75, 3.05) is 0 Å². The number of rotatable bonds is 4. The molecule has 1 saturated heterocycles. The van der Waals surface area contributed by atoms with E-state index in [1.54, 1.807) is 0 Å². The summed E-state index contributed by atoms with van der Waals surface area (Å²) in [6.45, 7) is 23.3. The van der Waals surface area contributed by atoms with Crippen molar-refractivity contribution in [3.05, 3.63) is 0 Å². The number of nitrogens with one attached hydrogen (secondary N) is 1. The van der Waals surface area contributed by atoms with Gasteiger partial charge in [-0.2, -0.15) is 0 Å². The van der Waals surface area contributed by atoms with Gasteiger partial charge in [0.2, 0.25) is 0 Å². The topological polar surface area (TPSA) is 56.8 Å². The maximum absolute atomic E-state index is 12.7. The largest absolute Gasteiger partial charge is 0.411 e. The number of ether oxygens (including phenoxy) is 2. The van der Waals surface area contributed by atoms with E-state index in [9.17, 15) is 4.21 Å². The first-order chi connectivity index (χ1) is 11.5. The van der Waals surface area contributed by atoms with Crippen molar-refractivity contribution in [3.8, 4) is 0 Å². The van der Waals surface area contributed by atoms with Gasteiger partial charge in [0.05, 0.1) is 27.9 Å². The minimum atomic E-state index is -1.96. The fourth-order valence-electron chi connectivity index (χ4n) is 3.32. The predicted octanol–water partition coefficient (Wildman–Crippen LogP) is 3.97. The normalized spacial score (nSPS) is 36.2. The van der Waals surface area contributed by atoms with Crippen LogP contribution in [0.1, 0.15) is 62.3 Å². The zero-order valence-corrected chi connectivity index (χ0v) is 20.2. The molecule has 154 valence electrons. The summed E-state index contributed by atoms with van der Waals surface area (Å²) < 4.78 is 35.0. The predicted molar refractivity (Wildman–Crippen MR) is 110 cm³/mol. The molecule has 1 saturated carbocycles. The van der Waals surface area contributed by atoms with Crippen LogP contribution in [-0.4, -0.2) is 47.4 Å². The molecule has 26 heavy (non-hydrogen) atoms. The Hall–Kier alpha value is 0.207. The minimum absolute atomic E-state index is 0.0582. The maximum Gasteiger partial charge on any atom is 0.192 e. The first-order valence-electron chi connectivity index (χ1n) is 9.68. The van der Waals surface area contributed by atoms with Crippen LogP contribution in [0.3, 0.4) is 0 Å². The van der Waals surface area contributed by atoms with Crippen LogP contribution in [-0.2, 0) is 24.9 Å². The van der Waals surface area contributed by atoms with Gasteiger partial charge in [-0.25, -0.2) is 8.93 Å². The summed E-state index contributed by atoms with van der Waals surface area (Å²) in [6.07, 6.45) is -0.346. The molecular formula is C19H39NO4SSi. The van der Waals surface area contributed by atoms with Gasteiger partial charge in [-0.3, -0.25) is 0 Å². The standard InChI is InChI=1S/C19H39NO4SSi/c1-12-13(20-25(21)17(2,3)4)15-16(23-19(8,9)22-15)14(12)24-26(10,11)18(5,6)7/h12-16,20H,1-11H3/t12-,13+,14+,15-,16+,25-/m1/s1. The maximum atomic E-state index is 12.7. The Morgan fingerprint density at radius 1 is 1.04 bits per heavy atom. The third-order valence-corrected chi connectivity index (χ3v) is 12.0. The smallest absolute Gasteiger partial charge is 0.192 e. The van der Waals surface area contributed by atoms with E-state index in [2.05, 4.69) is 45.5 Å². The van der Waals surface area contributed by atoms with Gasteiger partial charge in [0.15, 0.2) is 14.1 Å². The fourth-order valence-corrected chi connectivity index (χ4v) is 5.65. The van der Waals surface area contributed by atoms with Crippen LogP contribution >= 0.6 is 0 Å². The minimum Gasteiger partial charge on any atom is -0.411 e. The van der Waals surface area contributed by atoms with Crippen molar-refractivity contribution in [3.63, 3.8) is 0 Å². The number of hydrogen-bond donors (Lipinski definition) is 1. The molecule has 2 fully saturated rings. The lowest BCUT2D eigenvalue weighted by molar-refractivity contribution is -0.167. The highest BCUT2D eigenvalue weighted by molar-refractivity contribution is 7.84. The Morgan fingerprint density at radius 2 is 1.54 bits per heavy atom. The molecule has 2 aliphatic rings. The van der Waals surface area contributed by atoms with Gasteiger partial charge in [-0.1, -0.05) is 27.7 Å². The highest BCUT2D eigenvalue weighted by Gasteiger charge is 2.60. The van der Waals surface area contributed by atoms with Gasteiger partial charge in [0, 0.05) is 5.92 Å². The number of fused-ring (bicyclic) bond motifs is 1. The van der Waals surface area contributed by atoms with Gasteiger partial charge in [0.25, 0.3) is 0 Å². The molecule has 0 amide bonds. The summed E-state index contributed by atoms with van der Waals surface area (Å²) >= 11 is 0. The van der Waals surface area contributed by atoms with Crippen molar-refractivity contribution < 1.29 is 18.1 Å². The molecule has 1 heterocycles. The van der Waals surface area contributed by atoms with E-state index >= 15 is 0 Å². The zero-order valence-electron chi connectivity index (χ0n) is 18.4. The summed E-state index contributed by atoms with van der Waals surface area (Å²) in [4.78, 5) is 0. The molecule has 6 atom stereocenters. The van der Waals surface area contributed by atoms with Gasteiger partial charge in [-0.05, 0) is 52.8 Å². The quantitative estimate of drug-likeness (QED) is 0.719. The molecule has 0 radical (unpaired) electrons. The monoisotopic (exact) mass is 405 g/mol. The zero-order chi connectivity index (χ0) is 20.3. The molecule has 7 heteroatoms. The van der Waals surface area contributed by atoms with Crippen molar-refractivity contribution in [2.45, 2.75) is 115 Å². The van der Waals surface area contributed by atoms with Crippen molar-refractivity contribution >= 4 is 19.3 Å². The molecule has 0 unspecified atom stereocenters. The fraction of sp³-hybridized carbons (Fsp3) is 1.00. The van der Waals surface area contributed by atoms with Gasteiger partial charge in [-0.15, -0.1) is 0 Å². The van der Waals surface area contributed by atoms with E-state index in [0.29, 0.717) is 0 Å². The van der Waals surface area contributed by atoms with Crippen LogP contribution in [0, 0.1) is 5.92 Å². The molecule has 0 aromatic heterocycles. The number of hydrogen-bond acceptors (Lipinski definition) is 4. The third-order valence-electron chi connectivity index (χ3n) is 5.96. The lowest BCUT2D eigenvalue weighted by Gasteiger charge is -2.41. The van der Waals surface area contributed by atoms with Crippen LogP contribution in [0.5, 0.6) is 0 Å². The molecule has 0 bridgehead atoms. The van der Waals surface area contributed by atoms with Crippen LogP contribution in [0.15, 0.2) is 0 Å². The summed E-state index contributed by atoms with van der Waals surface area (Å²) in [6, 6.07) is -0.0587. The summed E-state index contributed by atoms with van der Waals surface area (Å²) in [5.41, 5.74) is 0. The van der Waals surface area contributed by atoms with Crippen LogP contribution < -0.4 is 4.72 Å². The highest BCUT2D eigenvalue weighted by atomic mass is 32.2. The Labute approximate surface area is 163 Å². The Morgan fingerprint density at radius 3 is 2.00 bits per heavy atom. The molecule has 0 aromatic carbocycles. The Kier molecular flexibility index (Phi) is 5.99. The van der Waals surface area contributed by atoms with E-state index in [-0.39, 0.29) is 40.1 Å². The SMILES string of the molecule is C[C@@H]1[C@H](N[S@](=O)C(C)(C)C)[C@H]2OC(C)(C)O[C@H]2[C@H]1O[Si](C)(C)C(C)(C)C. The van der Waals surface area contributed by atoms with Gasteiger partial charge < -0.3 is 13.9 Å². The van der Waals surface area contributed by atoms with E-state index < -0.39 is 25.1 Å². The first kappa shape index (κ1) is 22.5. The molecule has 5 nitrogen and oxygen atoms in total. The van der Waals surface area contributed by atoms with Crippen LogP contribution in [0.4, 0.5) is 0 Å². The third kappa shape index (κ3) is 4.44. The van der Waals surface area contributed by atoms with E-state index in [1.807, 2.05) is 34.6 Å². The highest BCUT2D eigenvalue weighted by Crippen LogP contribution is 2.46. The van der Waals surface area contributed by atoms with Gasteiger partial charge in [0.1, 0.15) is 12.2 Å². The van der Waals surface area contributed by atoms with Crippen LogP contribution in [0.25, 0.3) is 0 Å². The molecule has 0 spiro atoms. The summed E-state index contributed by atoms with van der Waals surface area (Å²) in [5, 5.41) is 0.122. The Bertz CT molecular complexity index is 553. The van der Waals surface area contributed by atoms with E-state index in [1.165, 1.54) is 0 Å². The second kappa shape index (κ2) is 6.92. The average Bonchev–Trinajstić information content (AvgIpc) is 2.83. The Balaban J connectivity index is 2.28. The molecule has 0 aromatic rings. The molecule has 1 N–H and O–H groups in total.